The number of nitrogens with one attached hydrogen (secondary N) is 1. The van der Waals surface area contributed by atoms with E-state index in [1.54, 1.807) is 17.1 Å². The van der Waals surface area contributed by atoms with Crippen LogP contribution in [0.15, 0.2) is 59.3 Å². The maximum Gasteiger partial charge on any atom is 0.255 e. The number of hydrogen-bond acceptors (Lipinski definition) is 3. The molecule has 5 nitrogen and oxygen atoms in total. The van der Waals surface area contributed by atoms with E-state index in [1.807, 2.05) is 56.3 Å². The van der Waals surface area contributed by atoms with Gasteiger partial charge in [0.15, 0.2) is 6.73 Å². The van der Waals surface area contributed by atoms with E-state index in [2.05, 4.69) is 26.3 Å². The van der Waals surface area contributed by atoms with Crippen LogP contribution in [0.5, 0.6) is 5.75 Å². The van der Waals surface area contributed by atoms with Crippen LogP contribution in [0.3, 0.4) is 0 Å². The Kier molecular flexibility index (Phi) is 5.19. The molecule has 2 aromatic carbocycles. The third kappa shape index (κ3) is 4.48. The highest BCUT2D eigenvalue weighted by Crippen LogP contribution is 2.17. The van der Waals surface area contributed by atoms with Crippen LogP contribution < -0.4 is 10.1 Å². The van der Waals surface area contributed by atoms with Gasteiger partial charge in [-0.25, -0.2) is 4.68 Å². The zero-order valence-corrected chi connectivity index (χ0v) is 15.6. The van der Waals surface area contributed by atoms with E-state index in [9.17, 15) is 4.79 Å². The van der Waals surface area contributed by atoms with Gasteiger partial charge in [-0.1, -0.05) is 22.0 Å². The van der Waals surface area contributed by atoms with E-state index >= 15 is 0 Å². The number of aromatic nitrogens is 2. The average Bonchev–Trinajstić information content (AvgIpc) is 3.04. The standard InChI is InChI=1S/C19H18BrN3O2/c1-13-3-4-15(9-14(13)2)19(24)22-17-10-21-23(11-17)12-25-18-7-5-16(20)6-8-18/h3-11H,12H2,1-2H3,(H,22,24). The molecule has 25 heavy (non-hydrogen) atoms. The molecule has 0 aliphatic carbocycles. The molecule has 0 saturated carbocycles. The Morgan fingerprint density at radius 2 is 1.92 bits per heavy atom. The average molecular weight is 400 g/mol. The lowest BCUT2D eigenvalue weighted by molar-refractivity contribution is 0.102. The van der Waals surface area contributed by atoms with Gasteiger partial charge in [0.2, 0.25) is 0 Å². The van der Waals surface area contributed by atoms with Crippen molar-refractivity contribution in [3.8, 4) is 5.75 Å². The molecule has 0 atom stereocenters. The van der Waals surface area contributed by atoms with Gasteiger partial charge in [0.25, 0.3) is 5.91 Å². The molecule has 0 fully saturated rings. The molecule has 6 heteroatoms. The number of ether oxygens (including phenoxy) is 1. The van der Waals surface area contributed by atoms with Gasteiger partial charge in [-0.3, -0.25) is 4.79 Å². The Morgan fingerprint density at radius 3 is 2.64 bits per heavy atom. The zero-order valence-electron chi connectivity index (χ0n) is 14.0. The number of rotatable bonds is 5. The van der Waals surface area contributed by atoms with E-state index in [0.29, 0.717) is 11.3 Å². The van der Waals surface area contributed by atoms with E-state index in [-0.39, 0.29) is 12.6 Å². The molecule has 128 valence electrons. The van der Waals surface area contributed by atoms with Gasteiger partial charge >= 0.3 is 0 Å². The number of aryl methyl sites for hydroxylation is 2. The molecule has 0 radical (unpaired) electrons. The number of nitrogens with zero attached hydrogens (tertiary/aromatic N) is 2. The van der Waals surface area contributed by atoms with Gasteiger partial charge in [0.05, 0.1) is 18.1 Å². The van der Waals surface area contributed by atoms with Gasteiger partial charge in [-0.2, -0.15) is 5.10 Å². The van der Waals surface area contributed by atoms with Crippen LogP contribution in [0.2, 0.25) is 0 Å². The van der Waals surface area contributed by atoms with Crippen LogP contribution in [0.25, 0.3) is 0 Å². The van der Waals surface area contributed by atoms with Crippen LogP contribution in [0, 0.1) is 13.8 Å². The lowest BCUT2D eigenvalue weighted by Crippen LogP contribution is -2.12. The van der Waals surface area contributed by atoms with Gasteiger partial charge in [0, 0.05) is 10.0 Å². The van der Waals surface area contributed by atoms with E-state index < -0.39 is 0 Å². The molecule has 1 aromatic heterocycles. The Labute approximate surface area is 154 Å². The predicted molar refractivity (Wildman–Crippen MR) is 101 cm³/mol. The number of amides is 1. The van der Waals surface area contributed by atoms with Crippen LogP contribution in [0.1, 0.15) is 21.5 Å². The molecule has 1 N–H and O–H groups in total. The molecule has 0 aliphatic heterocycles. The molecule has 1 amide bonds. The molecular weight excluding hydrogens is 382 g/mol. The number of carbonyl (C=O) groups is 1. The number of hydrogen-bond donors (Lipinski definition) is 1. The quantitative estimate of drug-likeness (QED) is 0.684. The summed E-state index contributed by atoms with van der Waals surface area (Å²) in [4.78, 5) is 12.3. The zero-order chi connectivity index (χ0) is 17.8. The molecule has 0 aliphatic rings. The maximum absolute atomic E-state index is 12.3. The van der Waals surface area contributed by atoms with Crippen LogP contribution in [-0.4, -0.2) is 15.7 Å². The second-order valence-corrected chi connectivity index (χ2v) is 6.66. The van der Waals surface area contributed by atoms with Gasteiger partial charge in [0.1, 0.15) is 5.75 Å². The van der Waals surface area contributed by atoms with Gasteiger partial charge in [-0.05, 0) is 61.4 Å². The molecule has 0 saturated heterocycles. The van der Waals surface area contributed by atoms with Crippen molar-refractivity contribution >= 4 is 27.5 Å². The number of anilines is 1. The first kappa shape index (κ1) is 17.2. The summed E-state index contributed by atoms with van der Waals surface area (Å²) in [6.07, 6.45) is 3.34. The molecule has 0 bridgehead atoms. The fourth-order valence-electron chi connectivity index (χ4n) is 2.26. The van der Waals surface area contributed by atoms with Crippen molar-refractivity contribution in [2.45, 2.75) is 20.6 Å². The molecule has 1 heterocycles. The highest BCUT2D eigenvalue weighted by atomic mass is 79.9. The summed E-state index contributed by atoms with van der Waals surface area (Å²) in [5.74, 6) is 0.593. The summed E-state index contributed by atoms with van der Waals surface area (Å²) in [5, 5.41) is 7.04. The Balaban J connectivity index is 1.60. The topological polar surface area (TPSA) is 56.2 Å². The maximum atomic E-state index is 12.3. The fourth-order valence-corrected chi connectivity index (χ4v) is 2.52. The van der Waals surface area contributed by atoms with Crippen molar-refractivity contribution < 1.29 is 9.53 Å². The number of carbonyl (C=O) groups excluding carboxylic acids is 1. The molecule has 0 spiro atoms. The minimum Gasteiger partial charge on any atom is -0.471 e. The lowest BCUT2D eigenvalue weighted by atomic mass is 10.1. The van der Waals surface area contributed by atoms with Gasteiger partial charge < -0.3 is 10.1 Å². The minimum absolute atomic E-state index is 0.156. The normalized spacial score (nSPS) is 10.5. The van der Waals surface area contributed by atoms with E-state index in [1.165, 1.54) is 0 Å². The predicted octanol–water partition coefficient (Wildman–Crippen LogP) is 4.55. The first-order chi connectivity index (χ1) is 12.0. The van der Waals surface area contributed by atoms with Gasteiger partial charge in [-0.15, -0.1) is 0 Å². The van der Waals surface area contributed by atoms with Crippen molar-refractivity contribution in [1.29, 1.82) is 0 Å². The highest BCUT2D eigenvalue weighted by Gasteiger charge is 2.08. The van der Waals surface area contributed by atoms with Crippen LogP contribution in [0.4, 0.5) is 5.69 Å². The van der Waals surface area contributed by atoms with Crippen molar-refractivity contribution in [3.63, 3.8) is 0 Å². The van der Waals surface area contributed by atoms with Crippen molar-refractivity contribution in [2.75, 3.05) is 5.32 Å². The van der Waals surface area contributed by atoms with Crippen LogP contribution >= 0.6 is 15.9 Å². The summed E-state index contributed by atoms with van der Waals surface area (Å²) in [7, 11) is 0. The third-order valence-electron chi connectivity index (χ3n) is 3.84. The minimum atomic E-state index is -0.156. The fraction of sp³-hybridized carbons (Fsp3) is 0.158. The molecule has 3 rings (SSSR count). The summed E-state index contributed by atoms with van der Waals surface area (Å²) in [5.41, 5.74) is 3.50. The van der Waals surface area contributed by atoms with E-state index in [4.69, 9.17) is 4.74 Å². The third-order valence-corrected chi connectivity index (χ3v) is 4.37. The van der Waals surface area contributed by atoms with Crippen molar-refractivity contribution in [3.05, 3.63) is 76.0 Å². The summed E-state index contributed by atoms with van der Waals surface area (Å²) < 4.78 is 8.26. The smallest absolute Gasteiger partial charge is 0.255 e. The SMILES string of the molecule is Cc1ccc(C(=O)Nc2cnn(COc3ccc(Br)cc3)c2)cc1C. The molecule has 3 aromatic rings. The second-order valence-electron chi connectivity index (χ2n) is 5.75. The van der Waals surface area contributed by atoms with E-state index in [0.717, 1.165) is 21.3 Å². The molecular formula is C19H18BrN3O2. The monoisotopic (exact) mass is 399 g/mol. The summed E-state index contributed by atoms with van der Waals surface area (Å²) in [6, 6.07) is 13.2. The summed E-state index contributed by atoms with van der Waals surface area (Å²) in [6.45, 7) is 4.28. The Hall–Kier alpha value is -2.60. The number of benzene rings is 2. The van der Waals surface area contributed by atoms with Crippen LogP contribution in [-0.2, 0) is 6.73 Å². The first-order valence-electron chi connectivity index (χ1n) is 7.81. The number of halogens is 1. The summed E-state index contributed by atoms with van der Waals surface area (Å²) >= 11 is 3.38. The van der Waals surface area contributed by atoms with Crippen molar-refractivity contribution in [2.24, 2.45) is 0 Å². The molecule has 0 unspecified atom stereocenters. The first-order valence-corrected chi connectivity index (χ1v) is 8.60. The lowest BCUT2D eigenvalue weighted by Gasteiger charge is -2.06. The van der Waals surface area contributed by atoms with Crippen molar-refractivity contribution in [1.82, 2.24) is 9.78 Å². The largest absolute Gasteiger partial charge is 0.471 e. The Bertz CT molecular complexity index is 888. The highest BCUT2D eigenvalue weighted by molar-refractivity contribution is 9.10. The second kappa shape index (κ2) is 7.53. The Morgan fingerprint density at radius 1 is 1.16 bits per heavy atom.